The number of fused-ring (bicyclic) bond motifs is 1. The highest BCUT2D eigenvalue weighted by atomic mass is 16.3. The lowest BCUT2D eigenvalue weighted by molar-refractivity contribution is 0.283. The first-order valence-electron chi connectivity index (χ1n) is 5.26. The van der Waals surface area contributed by atoms with Crippen molar-refractivity contribution in [3.63, 3.8) is 0 Å². The first-order valence-corrected chi connectivity index (χ1v) is 5.26. The van der Waals surface area contributed by atoms with Gasteiger partial charge in [0.05, 0.1) is 17.6 Å². The topological polar surface area (TPSA) is 38.1 Å². The molecule has 2 aromatic rings. The number of aryl methyl sites for hydroxylation is 2. The Morgan fingerprint density at radius 1 is 1.33 bits per heavy atom. The molecule has 3 heteroatoms. The molecule has 0 aliphatic heterocycles. The van der Waals surface area contributed by atoms with E-state index in [2.05, 4.69) is 4.98 Å². The molecule has 2 rings (SSSR count). The third-order valence-corrected chi connectivity index (χ3v) is 2.39. The SMILES string of the molecule is CC.Cc1nc2c(CO)cccc2n1C. The minimum atomic E-state index is 0.0494. The number of hydrogen-bond donors (Lipinski definition) is 1. The van der Waals surface area contributed by atoms with Gasteiger partial charge in [0.2, 0.25) is 0 Å². The van der Waals surface area contributed by atoms with Gasteiger partial charge in [-0.1, -0.05) is 26.0 Å². The summed E-state index contributed by atoms with van der Waals surface area (Å²) in [5, 5.41) is 9.09. The Hall–Kier alpha value is -1.35. The lowest BCUT2D eigenvalue weighted by Crippen LogP contribution is -1.90. The molecule has 3 nitrogen and oxygen atoms in total. The highest BCUT2D eigenvalue weighted by molar-refractivity contribution is 5.79. The largest absolute Gasteiger partial charge is 0.392 e. The normalized spacial score (nSPS) is 9.93. The molecule has 0 spiro atoms. The van der Waals surface area contributed by atoms with Gasteiger partial charge >= 0.3 is 0 Å². The maximum atomic E-state index is 9.09. The van der Waals surface area contributed by atoms with Crippen molar-refractivity contribution in [1.29, 1.82) is 0 Å². The third-order valence-electron chi connectivity index (χ3n) is 2.39. The Balaban J connectivity index is 0.000000531. The summed E-state index contributed by atoms with van der Waals surface area (Å²) in [6.45, 7) is 6.01. The van der Waals surface area contributed by atoms with Crippen LogP contribution in [0.4, 0.5) is 0 Å². The Morgan fingerprint density at radius 3 is 2.60 bits per heavy atom. The zero-order valence-corrected chi connectivity index (χ0v) is 9.78. The number of hydrogen-bond acceptors (Lipinski definition) is 2. The van der Waals surface area contributed by atoms with Crippen molar-refractivity contribution in [1.82, 2.24) is 9.55 Å². The molecular weight excluding hydrogens is 188 g/mol. The van der Waals surface area contributed by atoms with Crippen LogP contribution in [-0.4, -0.2) is 14.7 Å². The molecule has 1 aromatic heterocycles. The van der Waals surface area contributed by atoms with Crippen molar-refractivity contribution in [2.24, 2.45) is 7.05 Å². The zero-order valence-electron chi connectivity index (χ0n) is 9.78. The van der Waals surface area contributed by atoms with Crippen molar-refractivity contribution in [3.05, 3.63) is 29.6 Å². The standard InChI is InChI=1S/C10H12N2O.C2H6/c1-7-11-10-8(6-13)4-3-5-9(10)12(7)2;1-2/h3-5,13H,6H2,1-2H3;1-2H3. The van der Waals surface area contributed by atoms with Gasteiger partial charge in [-0.2, -0.15) is 0 Å². The molecule has 0 saturated carbocycles. The molecule has 0 radical (unpaired) electrons. The van der Waals surface area contributed by atoms with Crippen LogP contribution < -0.4 is 0 Å². The summed E-state index contributed by atoms with van der Waals surface area (Å²) in [7, 11) is 1.98. The summed E-state index contributed by atoms with van der Waals surface area (Å²) in [6, 6.07) is 5.85. The van der Waals surface area contributed by atoms with Gasteiger partial charge < -0.3 is 9.67 Å². The molecule has 1 heterocycles. The van der Waals surface area contributed by atoms with Crippen molar-refractivity contribution < 1.29 is 5.11 Å². The molecular formula is C12H18N2O. The fourth-order valence-corrected chi connectivity index (χ4v) is 1.52. The number of aliphatic hydroxyl groups is 1. The van der Waals surface area contributed by atoms with Crippen LogP contribution in [0.5, 0.6) is 0 Å². The average molecular weight is 206 g/mol. The summed E-state index contributed by atoms with van der Waals surface area (Å²) >= 11 is 0. The van der Waals surface area contributed by atoms with Gasteiger partial charge in [0.1, 0.15) is 5.82 Å². The molecule has 0 atom stereocenters. The maximum Gasteiger partial charge on any atom is 0.106 e. The second kappa shape index (κ2) is 4.94. The Bertz CT molecular complexity index is 446. The van der Waals surface area contributed by atoms with E-state index in [-0.39, 0.29) is 6.61 Å². The fraction of sp³-hybridized carbons (Fsp3) is 0.417. The highest BCUT2D eigenvalue weighted by Crippen LogP contribution is 2.18. The van der Waals surface area contributed by atoms with Gasteiger partial charge in [-0.05, 0) is 13.0 Å². The van der Waals surface area contributed by atoms with Crippen molar-refractivity contribution in [2.45, 2.75) is 27.4 Å². The smallest absolute Gasteiger partial charge is 0.106 e. The van der Waals surface area contributed by atoms with Gasteiger partial charge in [-0.3, -0.25) is 0 Å². The number of aliphatic hydroxyl groups excluding tert-OH is 1. The van der Waals surface area contributed by atoms with Gasteiger partial charge in [-0.25, -0.2) is 4.98 Å². The minimum absolute atomic E-state index is 0.0494. The Labute approximate surface area is 90.4 Å². The van der Waals surface area contributed by atoms with Gasteiger partial charge in [-0.15, -0.1) is 0 Å². The van der Waals surface area contributed by atoms with Gasteiger partial charge in [0.15, 0.2) is 0 Å². The molecule has 1 N–H and O–H groups in total. The summed E-state index contributed by atoms with van der Waals surface area (Å²) in [5.41, 5.74) is 2.87. The summed E-state index contributed by atoms with van der Waals surface area (Å²) in [6.07, 6.45) is 0. The molecule has 0 bridgehead atoms. The van der Waals surface area contributed by atoms with Crippen molar-refractivity contribution in [2.75, 3.05) is 0 Å². The van der Waals surface area contributed by atoms with E-state index in [9.17, 15) is 0 Å². The molecule has 15 heavy (non-hydrogen) atoms. The maximum absolute atomic E-state index is 9.09. The van der Waals surface area contributed by atoms with Crippen LogP contribution in [-0.2, 0) is 13.7 Å². The monoisotopic (exact) mass is 206 g/mol. The first-order chi connectivity index (χ1) is 7.24. The number of imidazole rings is 1. The second-order valence-corrected chi connectivity index (χ2v) is 3.16. The van der Waals surface area contributed by atoms with Crippen LogP contribution in [0.2, 0.25) is 0 Å². The van der Waals surface area contributed by atoms with E-state index >= 15 is 0 Å². The summed E-state index contributed by atoms with van der Waals surface area (Å²) < 4.78 is 2.02. The number of nitrogens with zero attached hydrogens (tertiary/aromatic N) is 2. The summed E-state index contributed by atoms with van der Waals surface area (Å²) in [5.74, 6) is 0.968. The van der Waals surface area contributed by atoms with E-state index in [1.54, 1.807) is 0 Å². The fourth-order valence-electron chi connectivity index (χ4n) is 1.52. The number of rotatable bonds is 1. The Morgan fingerprint density at radius 2 is 2.00 bits per heavy atom. The van der Waals surface area contributed by atoms with Crippen LogP contribution in [0.1, 0.15) is 25.2 Å². The zero-order chi connectivity index (χ0) is 11.4. The van der Waals surface area contributed by atoms with Crippen LogP contribution in [0, 0.1) is 6.92 Å². The van der Waals surface area contributed by atoms with E-state index in [0.29, 0.717) is 0 Å². The lowest BCUT2D eigenvalue weighted by atomic mass is 10.2. The van der Waals surface area contributed by atoms with Gasteiger partial charge in [0.25, 0.3) is 0 Å². The molecule has 0 unspecified atom stereocenters. The van der Waals surface area contributed by atoms with Crippen LogP contribution in [0.3, 0.4) is 0 Å². The lowest BCUT2D eigenvalue weighted by Gasteiger charge is -1.98. The van der Waals surface area contributed by atoms with Crippen LogP contribution in [0.25, 0.3) is 11.0 Å². The predicted molar refractivity (Wildman–Crippen MR) is 62.7 cm³/mol. The van der Waals surface area contributed by atoms with Crippen LogP contribution >= 0.6 is 0 Å². The second-order valence-electron chi connectivity index (χ2n) is 3.16. The molecule has 0 fully saturated rings. The molecule has 0 amide bonds. The average Bonchev–Trinajstić information content (AvgIpc) is 2.58. The quantitative estimate of drug-likeness (QED) is 0.778. The number of benzene rings is 1. The number of aromatic nitrogens is 2. The van der Waals surface area contributed by atoms with Crippen molar-refractivity contribution in [3.8, 4) is 0 Å². The molecule has 82 valence electrons. The number of para-hydroxylation sites is 1. The van der Waals surface area contributed by atoms with Crippen LogP contribution in [0.15, 0.2) is 18.2 Å². The minimum Gasteiger partial charge on any atom is -0.392 e. The van der Waals surface area contributed by atoms with Gasteiger partial charge in [0, 0.05) is 12.6 Å². The van der Waals surface area contributed by atoms with E-state index in [1.807, 2.05) is 50.6 Å². The molecule has 0 saturated heterocycles. The van der Waals surface area contributed by atoms with E-state index in [1.165, 1.54) is 0 Å². The molecule has 0 aliphatic carbocycles. The summed E-state index contributed by atoms with van der Waals surface area (Å²) in [4.78, 5) is 4.39. The van der Waals surface area contributed by atoms with E-state index < -0.39 is 0 Å². The highest BCUT2D eigenvalue weighted by Gasteiger charge is 2.06. The molecule has 0 aliphatic rings. The predicted octanol–water partition coefficient (Wildman–Crippen LogP) is 2.40. The van der Waals surface area contributed by atoms with Crippen molar-refractivity contribution >= 4 is 11.0 Å². The first kappa shape index (κ1) is 11.7. The van der Waals surface area contributed by atoms with E-state index in [0.717, 1.165) is 22.4 Å². The Kier molecular flexibility index (Phi) is 3.86. The third kappa shape index (κ3) is 2.02. The molecule has 1 aromatic carbocycles. The van der Waals surface area contributed by atoms with E-state index in [4.69, 9.17) is 5.11 Å².